The second-order valence-corrected chi connectivity index (χ2v) is 3.10. The molecule has 0 aliphatic carbocycles. The maximum atomic E-state index is 8.97. The molecule has 0 spiro atoms. The quantitative estimate of drug-likeness (QED) is 0.766. The van der Waals surface area contributed by atoms with Gasteiger partial charge in [0.1, 0.15) is 6.33 Å². The first-order chi connectivity index (χ1) is 6.79. The fourth-order valence-electron chi connectivity index (χ4n) is 1.28. The highest BCUT2D eigenvalue weighted by Crippen LogP contribution is 2.15. The molecule has 1 N–H and O–H groups in total. The van der Waals surface area contributed by atoms with E-state index in [0.29, 0.717) is 5.82 Å². The topological polar surface area (TPSA) is 50.9 Å². The van der Waals surface area contributed by atoms with E-state index >= 15 is 0 Å². The van der Waals surface area contributed by atoms with Crippen LogP contribution in [0.3, 0.4) is 0 Å². The fourth-order valence-corrected chi connectivity index (χ4v) is 1.28. The molecule has 0 aliphatic heterocycles. The number of hydrogen-bond acceptors (Lipinski definition) is 3. The standard InChI is InChI=1S/C10H11N3O/c1-13-7-11-10(12-13)9-4-2-3-8(5-9)6-14/h2-5,7,14H,6H2,1H3. The number of aromatic nitrogens is 3. The Morgan fingerprint density at radius 2 is 2.29 bits per heavy atom. The molecule has 0 fully saturated rings. The number of aliphatic hydroxyl groups excluding tert-OH is 1. The number of benzene rings is 1. The van der Waals surface area contributed by atoms with Crippen LogP contribution in [0.4, 0.5) is 0 Å². The lowest BCUT2D eigenvalue weighted by atomic mass is 10.1. The predicted octanol–water partition coefficient (Wildman–Crippen LogP) is 0.974. The van der Waals surface area contributed by atoms with Crippen molar-refractivity contribution in [3.8, 4) is 11.4 Å². The van der Waals surface area contributed by atoms with Crippen molar-refractivity contribution in [1.29, 1.82) is 0 Å². The Morgan fingerprint density at radius 1 is 1.43 bits per heavy atom. The first-order valence-electron chi connectivity index (χ1n) is 4.35. The molecule has 1 aromatic heterocycles. The number of aryl methyl sites for hydroxylation is 1. The number of nitrogens with zero attached hydrogens (tertiary/aromatic N) is 3. The highest BCUT2D eigenvalue weighted by atomic mass is 16.3. The van der Waals surface area contributed by atoms with E-state index in [-0.39, 0.29) is 6.61 Å². The minimum atomic E-state index is 0.0423. The van der Waals surface area contributed by atoms with Crippen molar-refractivity contribution < 1.29 is 5.11 Å². The first kappa shape index (κ1) is 8.90. The molecular formula is C10H11N3O. The molecule has 0 aliphatic rings. The third-order valence-electron chi connectivity index (χ3n) is 1.97. The van der Waals surface area contributed by atoms with Crippen LogP contribution in [0.15, 0.2) is 30.6 Å². The first-order valence-corrected chi connectivity index (χ1v) is 4.35. The molecule has 2 rings (SSSR count). The van der Waals surface area contributed by atoms with Crippen LogP contribution in [0.1, 0.15) is 5.56 Å². The monoisotopic (exact) mass is 189 g/mol. The predicted molar refractivity (Wildman–Crippen MR) is 52.4 cm³/mol. The van der Waals surface area contributed by atoms with Crippen LogP contribution < -0.4 is 0 Å². The van der Waals surface area contributed by atoms with Crippen molar-refractivity contribution in [1.82, 2.24) is 14.8 Å². The Balaban J connectivity index is 2.41. The minimum Gasteiger partial charge on any atom is -0.392 e. The van der Waals surface area contributed by atoms with Crippen LogP contribution in [0.2, 0.25) is 0 Å². The lowest BCUT2D eigenvalue weighted by Crippen LogP contribution is -1.89. The second-order valence-electron chi connectivity index (χ2n) is 3.10. The van der Waals surface area contributed by atoms with Gasteiger partial charge in [-0.05, 0) is 11.6 Å². The number of hydrogen-bond donors (Lipinski definition) is 1. The largest absolute Gasteiger partial charge is 0.392 e. The third kappa shape index (κ3) is 1.65. The zero-order valence-electron chi connectivity index (χ0n) is 7.88. The van der Waals surface area contributed by atoms with Crippen molar-refractivity contribution in [2.75, 3.05) is 0 Å². The molecule has 1 aromatic carbocycles. The highest BCUT2D eigenvalue weighted by molar-refractivity contribution is 5.55. The van der Waals surface area contributed by atoms with Gasteiger partial charge in [-0.2, -0.15) is 5.10 Å². The Morgan fingerprint density at radius 3 is 2.93 bits per heavy atom. The maximum absolute atomic E-state index is 8.97. The summed E-state index contributed by atoms with van der Waals surface area (Å²) in [5.74, 6) is 0.683. The summed E-state index contributed by atoms with van der Waals surface area (Å²) in [5.41, 5.74) is 1.80. The van der Waals surface area contributed by atoms with E-state index in [1.54, 1.807) is 11.0 Å². The van der Waals surface area contributed by atoms with Crippen LogP contribution >= 0.6 is 0 Å². The molecule has 4 nitrogen and oxygen atoms in total. The minimum absolute atomic E-state index is 0.0423. The van der Waals surface area contributed by atoms with Gasteiger partial charge >= 0.3 is 0 Å². The van der Waals surface area contributed by atoms with E-state index in [9.17, 15) is 0 Å². The van der Waals surface area contributed by atoms with Gasteiger partial charge in [-0.3, -0.25) is 4.68 Å². The van der Waals surface area contributed by atoms with Crippen molar-refractivity contribution in [2.45, 2.75) is 6.61 Å². The van der Waals surface area contributed by atoms with E-state index in [1.165, 1.54) is 0 Å². The van der Waals surface area contributed by atoms with Crippen LogP contribution in [0.25, 0.3) is 11.4 Å². The molecule has 0 radical (unpaired) electrons. The van der Waals surface area contributed by atoms with Crippen LogP contribution in [0, 0.1) is 0 Å². The molecule has 72 valence electrons. The highest BCUT2D eigenvalue weighted by Gasteiger charge is 2.02. The maximum Gasteiger partial charge on any atom is 0.181 e. The van der Waals surface area contributed by atoms with Gasteiger partial charge in [0.25, 0.3) is 0 Å². The molecule has 1 heterocycles. The van der Waals surface area contributed by atoms with Gasteiger partial charge < -0.3 is 5.11 Å². The van der Waals surface area contributed by atoms with Gasteiger partial charge in [0.2, 0.25) is 0 Å². The van der Waals surface area contributed by atoms with Gasteiger partial charge in [-0.25, -0.2) is 4.98 Å². The molecule has 0 saturated heterocycles. The summed E-state index contributed by atoms with van der Waals surface area (Å²) in [5, 5.41) is 13.1. The van der Waals surface area contributed by atoms with Gasteiger partial charge in [0.05, 0.1) is 6.61 Å². The Labute approximate surface area is 81.8 Å². The van der Waals surface area contributed by atoms with Gasteiger partial charge in [0, 0.05) is 12.6 Å². The summed E-state index contributed by atoms with van der Waals surface area (Å²) in [6.45, 7) is 0.0423. The van der Waals surface area contributed by atoms with Gasteiger partial charge in [0.15, 0.2) is 5.82 Å². The smallest absolute Gasteiger partial charge is 0.181 e. The molecule has 0 atom stereocenters. The van der Waals surface area contributed by atoms with E-state index in [0.717, 1.165) is 11.1 Å². The lowest BCUT2D eigenvalue weighted by Gasteiger charge is -1.98. The van der Waals surface area contributed by atoms with E-state index in [1.807, 2.05) is 31.3 Å². The fraction of sp³-hybridized carbons (Fsp3) is 0.200. The third-order valence-corrected chi connectivity index (χ3v) is 1.97. The average molecular weight is 189 g/mol. The van der Waals surface area contributed by atoms with E-state index < -0.39 is 0 Å². The molecule has 2 aromatic rings. The molecule has 0 unspecified atom stereocenters. The summed E-state index contributed by atoms with van der Waals surface area (Å²) in [6, 6.07) is 7.56. The molecular weight excluding hydrogens is 178 g/mol. The molecule has 0 bridgehead atoms. The molecule has 0 amide bonds. The average Bonchev–Trinajstić information content (AvgIpc) is 2.65. The Hall–Kier alpha value is -1.68. The number of aliphatic hydroxyl groups is 1. The molecule has 4 heteroatoms. The summed E-state index contributed by atoms with van der Waals surface area (Å²) < 4.78 is 1.65. The van der Waals surface area contributed by atoms with Gasteiger partial charge in [-0.15, -0.1) is 0 Å². The summed E-state index contributed by atoms with van der Waals surface area (Å²) >= 11 is 0. The molecule has 14 heavy (non-hydrogen) atoms. The van der Waals surface area contributed by atoms with Crippen molar-refractivity contribution in [3.05, 3.63) is 36.2 Å². The Kier molecular flexibility index (Phi) is 2.28. The van der Waals surface area contributed by atoms with Crippen LogP contribution in [-0.2, 0) is 13.7 Å². The van der Waals surface area contributed by atoms with Gasteiger partial charge in [-0.1, -0.05) is 18.2 Å². The van der Waals surface area contributed by atoms with Crippen molar-refractivity contribution >= 4 is 0 Å². The second kappa shape index (κ2) is 3.59. The summed E-state index contributed by atoms with van der Waals surface area (Å²) in [6.07, 6.45) is 1.65. The number of rotatable bonds is 2. The normalized spacial score (nSPS) is 10.4. The SMILES string of the molecule is Cn1cnc(-c2cccc(CO)c2)n1. The van der Waals surface area contributed by atoms with Crippen LogP contribution in [-0.4, -0.2) is 19.9 Å². The van der Waals surface area contributed by atoms with Crippen molar-refractivity contribution in [3.63, 3.8) is 0 Å². The summed E-state index contributed by atoms with van der Waals surface area (Å²) in [4.78, 5) is 4.13. The van der Waals surface area contributed by atoms with Crippen molar-refractivity contribution in [2.24, 2.45) is 7.05 Å². The van der Waals surface area contributed by atoms with Crippen LogP contribution in [0.5, 0.6) is 0 Å². The lowest BCUT2D eigenvalue weighted by molar-refractivity contribution is 0.282. The van der Waals surface area contributed by atoms with E-state index in [2.05, 4.69) is 10.1 Å². The summed E-state index contributed by atoms with van der Waals surface area (Å²) in [7, 11) is 1.83. The zero-order valence-corrected chi connectivity index (χ0v) is 7.88. The van der Waals surface area contributed by atoms with E-state index in [4.69, 9.17) is 5.11 Å². The molecule has 0 saturated carbocycles. The zero-order chi connectivity index (χ0) is 9.97. The Bertz CT molecular complexity index is 436.